The first-order valence-corrected chi connectivity index (χ1v) is 13.4. The molecule has 8 atom stereocenters. The topological polar surface area (TPSA) is 161 Å². The van der Waals surface area contributed by atoms with Gasteiger partial charge in [-0.3, -0.25) is 19.2 Å². The van der Waals surface area contributed by atoms with Crippen molar-refractivity contribution in [3.63, 3.8) is 0 Å². The summed E-state index contributed by atoms with van der Waals surface area (Å²) in [6.45, 7) is 9.20. The van der Waals surface area contributed by atoms with Crippen LogP contribution in [0.3, 0.4) is 0 Å². The molecule has 4 rings (SSSR count). The largest absolute Gasteiger partial charge is 0.459 e. The molecule has 2 aliphatic carbocycles. The number of benzene rings is 1. The van der Waals surface area contributed by atoms with Crippen molar-refractivity contribution < 1.29 is 57.5 Å². The van der Waals surface area contributed by atoms with E-state index >= 15 is 0 Å². The Bertz CT molecular complexity index is 1240. The summed E-state index contributed by atoms with van der Waals surface area (Å²) in [7, 11) is 0. The molecule has 2 saturated carbocycles. The van der Waals surface area contributed by atoms with Gasteiger partial charge < -0.3 is 33.5 Å². The molecule has 224 valence electrons. The van der Waals surface area contributed by atoms with Gasteiger partial charge in [-0.1, -0.05) is 18.2 Å². The first-order valence-electron chi connectivity index (χ1n) is 13.4. The van der Waals surface area contributed by atoms with Gasteiger partial charge in [-0.05, 0) is 45.7 Å². The molecule has 12 heteroatoms. The normalized spacial score (nSPS) is 36.7. The minimum atomic E-state index is -2.35. The van der Waals surface area contributed by atoms with E-state index in [9.17, 15) is 29.1 Å². The first-order chi connectivity index (χ1) is 19.0. The number of fused-ring (bicyclic) bond motifs is 1. The maximum Gasteiger partial charge on any atom is 0.338 e. The molecule has 3 fully saturated rings. The number of hydrogen-bond donors (Lipinski definition) is 1. The van der Waals surface area contributed by atoms with Gasteiger partial charge in [0.15, 0.2) is 17.8 Å². The van der Waals surface area contributed by atoms with Crippen LogP contribution in [0.4, 0.5) is 0 Å². The molecule has 1 spiro atoms. The van der Waals surface area contributed by atoms with Crippen LogP contribution in [-0.4, -0.2) is 81.8 Å². The molecule has 12 nitrogen and oxygen atoms in total. The Kier molecular flexibility index (Phi) is 7.72. The molecule has 1 aromatic rings. The summed E-state index contributed by atoms with van der Waals surface area (Å²) in [5, 5.41) is 12.1. The number of esters is 5. The number of carbonyl (C=O) groups excluding carboxylic acids is 5. The Morgan fingerprint density at radius 2 is 1.39 bits per heavy atom. The lowest BCUT2D eigenvalue weighted by atomic mass is 9.51. The Morgan fingerprint density at radius 3 is 1.93 bits per heavy atom. The van der Waals surface area contributed by atoms with E-state index in [2.05, 4.69) is 0 Å². The Balaban J connectivity index is 2.11. The number of rotatable bonds is 6. The van der Waals surface area contributed by atoms with Crippen molar-refractivity contribution in [2.24, 2.45) is 5.92 Å². The second-order valence-electron chi connectivity index (χ2n) is 11.6. The highest BCUT2D eigenvalue weighted by Crippen LogP contribution is 2.66. The first kappa shape index (κ1) is 30.4. The van der Waals surface area contributed by atoms with Crippen molar-refractivity contribution >= 4 is 29.8 Å². The number of aliphatic hydroxyl groups is 1. The lowest BCUT2D eigenvalue weighted by Crippen LogP contribution is -2.87. The molecule has 2 bridgehead atoms. The Morgan fingerprint density at radius 1 is 0.805 bits per heavy atom. The molecule has 0 aromatic heterocycles. The van der Waals surface area contributed by atoms with E-state index in [1.54, 1.807) is 32.0 Å². The molecule has 1 aromatic carbocycles. The van der Waals surface area contributed by atoms with E-state index in [-0.39, 0.29) is 18.4 Å². The third-order valence-corrected chi connectivity index (χ3v) is 8.24. The average molecular weight is 577 g/mol. The minimum absolute atomic E-state index is 0.0495. The molecule has 1 saturated heterocycles. The second kappa shape index (κ2) is 10.4. The Hall–Kier alpha value is -3.51. The summed E-state index contributed by atoms with van der Waals surface area (Å²) < 4.78 is 36.1. The van der Waals surface area contributed by atoms with Crippen molar-refractivity contribution in [1.29, 1.82) is 0 Å². The molecule has 3 aliphatic rings. The minimum Gasteiger partial charge on any atom is -0.459 e. The predicted molar refractivity (Wildman–Crippen MR) is 138 cm³/mol. The van der Waals surface area contributed by atoms with Crippen LogP contribution in [0.1, 0.15) is 71.7 Å². The van der Waals surface area contributed by atoms with Gasteiger partial charge in [0.2, 0.25) is 5.60 Å². The highest BCUT2D eigenvalue weighted by molar-refractivity contribution is 5.89. The zero-order valence-electron chi connectivity index (χ0n) is 24.1. The summed E-state index contributed by atoms with van der Waals surface area (Å²) in [4.78, 5) is 64.0. The van der Waals surface area contributed by atoms with E-state index < -0.39 is 82.6 Å². The van der Waals surface area contributed by atoms with Gasteiger partial charge in [0, 0.05) is 27.7 Å². The zero-order valence-corrected chi connectivity index (χ0v) is 24.1. The van der Waals surface area contributed by atoms with E-state index in [1.807, 2.05) is 0 Å². The van der Waals surface area contributed by atoms with Gasteiger partial charge in [0.05, 0.1) is 22.7 Å². The van der Waals surface area contributed by atoms with Gasteiger partial charge in [-0.2, -0.15) is 0 Å². The maximum atomic E-state index is 13.6. The summed E-state index contributed by atoms with van der Waals surface area (Å²) in [6.07, 6.45) is -6.04. The second-order valence-corrected chi connectivity index (χ2v) is 11.6. The van der Waals surface area contributed by atoms with Crippen molar-refractivity contribution in [3.05, 3.63) is 35.9 Å². The summed E-state index contributed by atoms with van der Waals surface area (Å²) in [6, 6.07) is 7.92. The smallest absolute Gasteiger partial charge is 0.338 e. The van der Waals surface area contributed by atoms with Gasteiger partial charge in [-0.25, -0.2) is 4.79 Å². The molecule has 1 heterocycles. The van der Waals surface area contributed by atoms with Crippen LogP contribution in [0.15, 0.2) is 30.3 Å². The molecule has 0 unspecified atom stereocenters. The molecule has 0 amide bonds. The van der Waals surface area contributed by atoms with Crippen LogP contribution < -0.4 is 0 Å². The number of carbonyl (C=O) groups is 5. The van der Waals surface area contributed by atoms with Gasteiger partial charge in [0.1, 0.15) is 12.2 Å². The highest BCUT2D eigenvalue weighted by atomic mass is 16.7. The van der Waals surface area contributed by atoms with Crippen molar-refractivity contribution in [3.8, 4) is 0 Å². The summed E-state index contributed by atoms with van der Waals surface area (Å²) >= 11 is 0. The average Bonchev–Trinajstić information content (AvgIpc) is 3.04. The molecule has 1 aliphatic heterocycles. The molecular formula is C29H36O12. The Labute approximate surface area is 237 Å². The van der Waals surface area contributed by atoms with E-state index in [1.165, 1.54) is 19.1 Å². The predicted octanol–water partition coefficient (Wildman–Crippen LogP) is 2.03. The van der Waals surface area contributed by atoms with Crippen molar-refractivity contribution in [1.82, 2.24) is 0 Å². The van der Waals surface area contributed by atoms with Crippen LogP contribution in [-0.2, 0) is 47.6 Å². The monoisotopic (exact) mass is 576 g/mol. The summed E-state index contributed by atoms with van der Waals surface area (Å²) in [5.41, 5.74) is -7.61. The van der Waals surface area contributed by atoms with Crippen LogP contribution in [0.25, 0.3) is 0 Å². The standard InChI is InChI=1S/C29H36O12/c1-15(30)36-20-13-14-27(7,35)29-23(38-17(3)32)21(26(5,6)41-29)22(37-16(2)31)24(28(20,29)40-18(4)33)39-25(34)19-11-9-8-10-12-19/h8-12,20-24,35H,13-14H2,1-7H3/t20-,21+,22+,23+,24+,27-,28+,29-/m0/s1. The maximum absolute atomic E-state index is 13.6. The fraction of sp³-hybridized carbons (Fsp3) is 0.621. The summed E-state index contributed by atoms with van der Waals surface area (Å²) in [5.74, 6) is -5.12. The van der Waals surface area contributed by atoms with Crippen LogP contribution in [0, 0.1) is 5.92 Å². The lowest BCUT2D eigenvalue weighted by Gasteiger charge is -2.64. The highest BCUT2D eigenvalue weighted by Gasteiger charge is 2.89. The SMILES string of the molecule is CC(=O)O[C@@H]1[C@@H]2[C@@H](OC(C)=O)[C@@]3(OC2(C)C)[C@@](OC(C)=O)([C@@H](OC(C)=O)CC[C@]3(C)O)[C@@H]1OC(=O)c1ccccc1. The van der Waals surface area contributed by atoms with Crippen LogP contribution in [0.5, 0.6) is 0 Å². The van der Waals surface area contributed by atoms with E-state index in [4.69, 9.17) is 28.4 Å². The number of ether oxygens (including phenoxy) is 6. The van der Waals surface area contributed by atoms with Crippen LogP contribution in [0.2, 0.25) is 0 Å². The van der Waals surface area contributed by atoms with E-state index in [0.29, 0.717) is 0 Å². The third-order valence-electron chi connectivity index (χ3n) is 8.24. The molecule has 41 heavy (non-hydrogen) atoms. The van der Waals surface area contributed by atoms with Crippen LogP contribution >= 0.6 is 0 Å². The van der Waals surface area contributed by atoms with E-state index in [0.717, 1.165) is 27.7 Å². The molecule has 0 radical (unpaired) electrons. The lowest BCUT2D eigenvalue weighted by molar-refractivity contribution is -0.363. The fourth-order valence-corrected chi connectivity index (χ4v) is 7.10. The van der Waals surface area contributed by atoms with Gasteiger partial charge >= 0.3 is 29.8 Å². The fourth-order valence-electron chi connectivity index (χ4n) is 7.10. The van der Waals surface area contributed by atoms with Gasteiger partial charge in [-0.15, -0.1) is 0 Å². The zero-order chi connectivity index (χ0) is 30.5. The quantitative estimate of drug-likeness (QED) is 0.388. The van der Waals surface area contributed by atoms with Crippen molar-refractivity contribution in [2.45, 2.75) is 108 Å². The molecule has 1 N–H and O–H groups in total. The van der Waals surface area contributed by atoms with Gasteiger partial charge in [0.25, 0.3) is 0 Å². The molecular weight excluding hydrogens is 540 g/mol. The van der Waals surface area contributed by atoms with Crippen molar-refractivity contribution in [2.75, 3.05) is 0 Å². The third kappa shape index (κ3) is 4.76. The number of hydrogen-bond acceptors (Lipinski definition) is 12.